The summed E-state index contributed by atoms with van der Waals surface area (Å²) < 4.78 is 34.5. The predicted molar refractivity (Wildman–Crippen MR) is 75.6 cm³/mol. The maximum Gasteiger partial charge on any atom is 0.387 e. The summed E-state index contributed by atoms with van der Waals surface area (Å²) >= 11 is 0. The van der Waals surface area contributed by atoms with E-state index in [0.717, 1.165) is 0 Å². The molecule has 0 spiro atoms. The second-order valence-corrected chi connectivity index (χ2v) is 4.26. The van der Waals surface area contributed by atoms with Gasteiger partial charge in [-0.2, -0.15) is 8.78 Å². The van der Waals surface area contributed by atoms with Crippen molar-refractivity contribution in [2.24, 2.45) is 0 Å². The van der Waals surface area contributed by atoms with Crippen LogP contribution in [0.3, 0.4) is 0 Å². The first-order chi connectivity index (χ1) is 9.63. The maximum absolute atomic E-state index is 12.5. The second-order valence-electron chi connectivity index (χ2n) is 4.26. The molecule has 1 aromatic rings. The third-order valence-corrected chi connectivity index (χ3v) is 3.04. The zero-order valence-corrected chi connectivity index (χ0v) is 12.3. The van der Waals surface area contributed by atoms with Crippen LogP contribution < -0.4 is 14.8 Å². The average Bonchev–Trinajstić information content (AvgIpc) is 2.47. The maximum atomic E-state index is 12.5. The number of rotatable bonds is 4. The Kier molecular flexibility index (Phi) is 6.64. The van der Waals surface area contributed by atoms with Crippen LogP contribution in [0.25, 0.3) is 0 Å². The SMILES string of the molecule is COc1cccc(C(=O)N2CCNCC2)c1OC(F)F.Cl. The van der Waals surface area contributed by atoms with E-state index in [1.165, 1.54) is 19.2 Å². The molecule has 21 heavy (non-hydrogen) atoms. The van der Waals surface area contributed by atoms with Crippen molar-refractivity contribution in [2.45, 2.75) is 6.61 Å². The summed E-state index contributed by atoms with van der Waals surface area (Å²) in [5.74, 6) is -0.430. The molecule has 5 nitrogen and oxygen atoms in total. The zero-order chi connectivity index (χ0) is 14.5. The van der Waals surface area contributed by atoms with Crippen molar-refractivity contribution in [2.75, 3.05) is 33.3 Å². The summed E-state index contributed by atoms with van der Waals surface area (Å²) in [5, 5.41) is 3.12. The number of halogens is 3. The van der Waals surface area contributed by atoms with Crippen LogP contribution in [0, 0.1) is 0 Å². The van der Waals surface area contributed by atoms with Gasteiger partial charge < -0.3 is 19.7 Å². The van der Waals surface area contributed by atoms with Crippen molar-refractivity contribution in [3.05, 3.63) is 23.8 Å². The van der Waals surface area contributed by atoms with Gasteiger partial charge in [-0.15, -0.1) is 12.4 Å². The summed E-state index contributed by atoms with van der Waals surface area (Å²) in [4.78, 5) is 14.0. The number of ether oxygens (including phenoxy) is 2. The molecule has 0 radical (unpaired) electrons. The van der Waals surface area contributed by atoms with Gasteiger partial charge >= 0.3 is 6.61 Å². The number of benzene rings is 1. The number of carbonyl (C=O) groups is 1. The van der Waals surface area contributed by atoms with Gasteiger partial charge in [0, 0.05) is 26.2 Å². The topological polar surface area (TPSA) is 50.8 Å². The molecular weight excluding hydrogens is 306 g/mol. The smallest absolute Gasteiger partial charge is 0.387 e. The van der Waals surface area contributed by atoms with Crippen molar-refractivity contribution in [3.8, 4) is 11.5 Å². The molecule has 0 unspecified atom stereocenters. The number of para-hydroxylation sites is 1. The van der Waals surface area contributed by atoms with E-state index < -0.39 is 6.61 Å². The molecule has 2 rings (SSSR count). The van der Waals surface area contributed by atoms with Gasteiger partial charge in [-0.25, -0.2) is 0 Å². The Hall–Kier alpha value is -1.60. The van der Waals surface area contributed by atoms with E-state index in [9.17, 15) is 13.6 Å². The fourth-order valence-corrected chi connectivity index (χ4v) is 2.09. The quantitative estimate of drug-likeness (QED) is 0.918. The molecule has 118 valence electrons. The first-order valence-corrected chi connectivity index (χ1v) is 6.25. The van der Waals surface area contributed by atoms with E-state index in [4.69, 9.17) is 4.74 Å². The van der Waals surface area contributed by atoms with Gasteiger partial charge in [-0.3, -0.25) is 4.79 Å². The highest BCUT2D eigenvalue weighted by molar-refractivity contribution is 5.98. The average molecular weight is 323 g/mol. The molecule has 1 amide bonds. The summed E-state index contributed by atoms with van der Waals surface area (Å²) in [6, 6.07) is 4.52. The Bertz CT molecular complexity index is 482. The minimum atomic E-state index is -3.01. The number of methoxy groups -OCH3 is 1. The number of hydrogen-bond acceptors (Lipinski definition) is 4. The molecule has 8 heteroatoms. The Morgan fingerprint density at radius 1 is 1.33 bits per heavy atom. The Morgan fingerprint density at radius 2 is 2.00 bits per heavy atom. The molecule has 0 bridgehead atoms. The van der Waals surface area contributed by atoms with Gasteiger partial charge in [0.2, 0.25) is 0 Å². The van der Waals surface area contributed by atoms with Crippen LogP contribution in [0.1, 0.15) is 10.4 Å². The lowest BCUT2D eigenvalue weighted by Gasteiger charge is -2.28. The molecule has 0 saturated carbocycles. The van der Waals surface area contributed by atoms with Gasteiger partial charge in [0.05, 0.1) is 12.7 Å². The monoisotopic (exact) mass is 322 g/mol. The van der Waals surface area contributed by atoms with E-state index in [1.807, 2.05) is 0 Å². The van der Waals surface area contributed by atoms with Gasteiger partial charge in [0.15, 0.2) is 11.5 Å². The molecular formula is C13H17ClF2N2O3. The van der Waals surface area contributed by atoms with E-state index in [-0.39, 0.29) is 35.4 Å². The Labute approximate surface area is 127 Å². The first kappa shape index (κ1) is 17.5. The molecule has 1 saturated heterocycles. The third-order valence-electron chi connectivity index (χ3n) is 3.04. The molecule has 0 aliphatic carbocycles. The van der Waals surface area contributed by atoms with Crippen LogP contribution >= 0.6 is 12.4 Å². The van der Waals surface area contributed by atoms with E-state index in [1.54, 1.807) is 11.0 Å². The largest absolute Gasteiger partial charge is 0.493 e. The molecule has 0 atom stereocenters. The summed E-state index contributed by atoms with van der Waals surface area (Å²) in [6.07, 6.45) is 0. The molecule has 1 aromatic carbocycles. The summed E-state index contributed by atoms with van der Waals surface area (Å²) in [6.45, 7) is -0.587. The van der Waals surface area contributed by atoms with Crippen LogP contribution in [0.15, 0.2) is 18.2 Å². The highest BCUT2D eigenvalue weighted by Gasteiger charge is 2.25. The standard InChI is InChI=1S/C13H16F2N2O3.ClH/c1-19-10-4-2-3-9(11(10)20-13(14)15)12(18)17-7-5-16-6-8-17;/h2-4,13,16H,5-8H2,1H3;1H. The van der Waals surface area contributed by atoms with Gasteiger partial charge in [0.25, 0.3) is 5.91 Å². The second kappa shape index (κ2) is 7.99. The van der Waals surface area contributed by atoms with Gasteiger partial charge in [-0.1, -0.05) is 6.07 Å². The van der Waals surface area contributed by atoms with Crippen LogP contribution in [-0.4, -0.2) is 50.7 Å². The molecule has 1 heterocycles. The van der Waals surface area contributed by atoms with E-state index in [2.05, 4.69) is 10.1 Å². The lowest BCUT2D eigenvalue weighted by atomic mass is 10.1. The zero-order valence-electron chi connectivity index (χ0n) is 11.5. The van der Waals surface area contributed by atoms with Crippen LogP contribution in [0.4, 0.5) is 8.78 Å². The van der Waals surface area contributed by atoms with Crippen molar-refractivity contribution in [1.82, 2.24) is 10.2 Å². The van der Waals surface area contributed by atoms with Crippen LogP contribution in [-0.2, 0) is 0 Å². The number of amides is 1. The number of nitrogens with zero attached hydrogens (tertiary/aromatic N) is 1. The highest BCUT2D eigenvalue weighted by atomic mass is 35.5. The number of alkyl halides is 2. The minimum Gasteiger partial charge on any atom is -0.493 e. The van der Waals surface area contributed by atoms with Crippen LogP contribution in [0.2, 0.25) is 0 Å². The van der Waals surface area contributed by atoms with Crippen molar-refractivity contribution >= 4 is 18.3 Å². The molecule has 1 N–H and O–H groups in total. The van der Waals surface area contributed by atoms with Gasteiger partial charge in [-0.05, 0) is 12.1 Å². The molecule has 1 aliphatic heterocycles. The Balaban J connectivity index is 0.00000220. The lowest BCUT2D eigenvalue weighted by Crippen LogP contribution is -2.46. The van der Waals surface area contributed by atoms with Crippen LogP contribution in [0.5, 0.6) is 11.5 Å². The van der Waals surface area contributed by atoms with Crippen molar-refractivity contribution in [1.29, 1.82) is 0 Å². The Morgan fingerprint density at radius 3 is 2.57 bits per heavy atom. The molecule has 0 aromatic heterocycles. The normalized spacial score (nSPS) is 14.6. The number of carbonyl (C=O) groups excluding carboxylic acids is 1. The molecule has 1 aliphatic rings. The number of hydrogen-bond donors (Lipinski definition) is 1. The lowest BCUT2D eigenvalue weighted by molar-refractivity contribution is -0.0516. The predicted octanol–water partition coefficient (Wildman–Crippen LogP) is 1.76. The number of nitrogens with one attached hydrogen (secondary N) is 1. The summed E-state index contributed by atoms with van der Waals surface area (Å²) in [7, 11) is 1.34. The van der Waals surface area contributed by atoms with E-state index in [0.29, 0.717) is 26.2 Å². The highest BCUT2D eigenvalue weighted by Crippen LogP contribution is 2.33. The molecule has 1 fully saturated rings. The fraction of sp³-hybridized carbons (Fsp3) is 0.462. The fourth-order valence-electron chi connectivity index (χ4n) is 2.09. The van der Waals surface area contributed by atoms with Gasteiger partial charge in [0.1, 0.15) is 0 Å². The third kappa shape index (κ3) is 4.18. The summed E-state index contributed by atoms with van der Waals surface area (Å²) in [5.41, 5.74) is 0.0894. The van der Waals surface area contributed by atoms with E-state index >= 15 is 0 Å². The number of piperazine rings is 1. The van der Waals surface area contributed by atoms with Crippen molar-refractivity contribution < 1.29 is 23.0 Å². The first-order valence-electron chi connectivity index (χ1n) is 6.25. The minimum absolute atomic E-state index is 0. The van der Waals surface area contributed by atoms with Crippen molar-refractivity contribution in [3.63, 3.8) is 0 Å².